The van der Waals surface area contributed by atoms with E-state index >= 15 is 0 Å². The molecule has 1 amide bonds. The van der Waals surface area contributed by atoms with Crippen molar-refractivity contribution in [2.75, 3.05) is 0 Å². The van der Waals surface area contributed by atoms with Crippen molar-refractivity contribution in [1.29, 1.82) is 0 Å². The van der Waals surface area contributed by atoms with E-state index in [0.717, 1.165) is 18.4 Å². The Morgan fingerprint density at radius 3 is 2.26 bits per heavy atom. The van der Waals surface area contributed by atoms with Gasteiger partial charge in [0.05, 0.1) is 12.0 Å². The molecule has 1 saturated carbocycles. The Morgan fingerprint density at radius 1 is 1.09 bits per heavy atom. The second-order valence-corrected chi connectivity index (χ2v) is 6.40. The highest BCUT2D eigenvalue weighted by atomic mass is 16.4. The molecule has 0 atom stereocenters. The van der Waals surface area contributed by atoms with Gasteiger partial charge in [0, 0.05) is 18.4 Å². The summed E-state index contributed by atoms with van der Waals surface area (Å²) in [6.45, 7) is 1.95. The van der Waals surface area contributed by atoms with Crippen LogP contribution in [-0.2, 0) is 9.59 Å². The highest BCUT2D eigenvalue weighted by Crippen LogP contribution is 2.32. The number of nitrogens with one attached hydrogen (secondary N) is 1. The predicted molar refractivity (Wildman–Crippen MR) is 86.3 cm³/mol. The van der Waals surface area contributed by atoms with Crippen molar-refractivity contribution in [3.8, 4) is 0 Å². The number of benzene rings is 1. The van der Waals surface area contributed by atoms with Crippen LogP contribution in [0.15, 0.2) is 24.3 Å². The average Bonchev–Trinajstić information content (AvgIpc) is 2.92. The van der Waals surface area contributed by atoms with Crippen molar-refractivity contribution in [2.45, 2.75) is 57.4 Å². The number of carbonyl (C=O) groups excluding carboxylic acids is 2. The highest BCUT2D eigenvalue weighted by Gasteiger charge is 2.37. The minimum absolute atomic E-state index is 0.0509. The molecular formula is C18H23NO4. The first-order valence-corrected chi connectivity index (χ1v) is 8.03. The van der Waals surface area contributed by atoms with E-state index in [1.165, 1.54) is 0 Å². The molecule has 0 radical (unpaired) electrons. The molecule has 0 saturated heterocycles. The molecule has 1 fully saturated rings. The molecule has 5 heteroatoms. The number of aliphatic carboxylic acids is 1. The molecule has 124 valence electrons. The summed E-state index contributed by atoms with van der Waals surface area (Å²) in [7, 11) is 0. The molecule has 23 heavy (non-hydrogen) atoms. The fraction of sp³-hybridized carbons (Fsp3) is 0.500. The van der Waals surface area contributed by atoms with Crippen molar-refractivity contribution in [1.82, 2.24) is 5.32 Å². The molecule has 1 aliphatic rings. The number of hydrogen-bond acceptors (Lipinski definition) is 3. The number of carboxylic acids is 1. The van der Waals surface area contributed by atoms with Crippen LogP contribution in [0.2, 0.25) is 0 Å². The number of Topliss-reactive ketones (excluding diaryl/α,β-unsaturated/α-hetero) is 1. The summed E-state index contributed by atoms with van der Waals surface area (Å²) in [5.41, 5.74) is 1.05. The van der Waals surface area contributed by atoms with Crippen LogP contribution in [0.4, 0.5) is 0 Å². The van der Waals surface area contributed by atoms with E-state index in [4.69, 9.17) is 5.11 Å². The smallest absolute Gasteiger partial charge is 0.305 e. The Kier molecular flexibility index (Phi) is 5.53. The quantitative estimate of drug-likeness (QED) is 0.757. The van der Waals surface area contributed by atoms with Crippen molar-refractivity contribution >= 4 is 17.7 Å². The van der Waals surface area contributed by atoms with Gasteiger partial charge in [0.25, 0.3) is 0 Å². The molecule has 1 aromatic carbocycles. The molecule has 0 heterocycles. The molecule has 0 bridgehead atoms. The molecule has 2 N–H and O–H groups in total. The maximum Gasteiger partial charge on any atom is 0.305 e. The Bertz CT molecular complexity index is 586. The molecule has 1 aromatic rings. The van der Waals surface area contributed by atoms with E-state index < -0.39 is 11.5 Å². The SMILES string of the molecule is Cc1ccc(C(=O)CCC(=O)NC2(CC(=O)O)CCCC2)cc1. The van der Waals surface area contributed by atoms with Crippen molar-refractivity contribution < 1.29 is 19.5 Å². The lowest BCUT2D eigenvalue weighted by Crippen LogP contribution is -2.47. The van der Waals surface area contributed by atoms with Crippen molar-refractivity contribution in [2.24, 2.45) is 0 Å². The second-order valence-electron chi connectivity index (χ2n) is 6.40. The van der Waals surface area contributed by atoms with Gasteiger partial charge in [-0.15, -0.1) is 0 Å². The van der Waals surface area contributed by atoms with Crippen LogP contribution in [-0.4, -0.2) is 28.3 Å². The van der Waals surface area contributed by atoms with E-state index in [1.807, 2.05) is 19.1 Å². The van der Waals surface area contributed by atoms with Gasteiger partial charge in [0.2, 0.25) is 5.91 Å². The Labute approximate surface area is 136 Å². The standard InChI is InChI=1S/C18H23NO4/c1-13-4-6-14(7-5-13)15(20)8-9-16(21)19-18(12-17(22)23)10-2-3-11-18/h4-7H,2-3,8-12H2,1H3,(H,19,21)(H,22,23). The molecule has 2 rings (SSSR count). The fourth-order valence-electron chi connectivity index (χ4n) is 3.16. The Morgan fingerprint density at radius 2 is 1.70 bits per heavy atom. The average molecular weight is 317 g/mol. The van der Waals surface area contributed by atoms with Crippen molar-refractivity contribution in [3.63, 3.8) is 0 Å². The van der Waals surface area contributed by atoms with E-state index in [9.17, 15) is 14.4 Å². The van der Waals surface area contributed by atoms with Gasteiger partial charge >= 0.3 is 5.97 Å². The van der Waals surface area contributed by atoms with E-state index in [2.05, 4.69) is 5.32 Å². The maximum atomic E-state index is 12.1. The van der Waals surface area contributed by atoms with Gasteiger partial charge in [-0.1, -0.05) is 42.7 Å². The third kappa shape index (κ3) is 4.91. The second kappa shape index (κ2) is 7.40. The van der Waals surface area contributed by atoms with Crippen LogP contribution in [0.25, 0.3) is 0 Å². The zero-order chi connectivity index (χ0) is 16.9. The van der Waals surface area contributed by atoms with Gasteiger partial charge < -0.3 is 10.4 Å². The van der Waals surface area contributed by atoms with Crippen LogP contribution in [0.5, 0.6) is 0 Å². The number of hydrogen-bond donors (Lipinski definition) is 2. The van der Waals surface area contributed by atoms with Crippen molar-refractivity contribution in [3.05, 3.63) is 35.4 Å². The zero-order valence-corrected chi connectivity index (χ0v) is 13.4. The van der Waals surface area contributed by atoms with E-state index in [1.54, 1.807) is 12.1 Å². The topological polar surface area (TPSA) is 83.5 Å². The Hall–Kier alpha value is -2.17. The summed E-state index contributed by atoms with van der Waals surface area (Å²) in [6, 6.07) is 7.26. The monoisotopic (exact) mass is 317 g/mol. The van der Waals surface area contributed by atoms with Gasteiger partial charge in [0.15, 0.2) is 5.78 Å². The van der Waals surface area contributed by atoms with Gasteiger partial charge in [-0.2, -0.15) is 0 Å². The molecule has 5 nitrogen and oxygen atoms in total. The largest absolute Gasteiger partial charge is 0.481 e. The number of aryl methyl sites for hydroxylation is 1. The van der Waals surface area contributed by atoms with Gasteiger partial charge in [-0.3, -0.25) is 14.4 Å². The number of ketones is 1. The normalized spacial score (nSPS) is 16.0. The number of carboxylic acid groups (broad SMARTS) is 1. The third-order valence-electron chi connectivity index (χ3n) is 4.41. The summed E-state index contributed by atoms with van der Waals surface area (Å²) in [5.74, 6) is -1.21. The first kappa shape index (κ1) is 17.2. The molecule has 0 aliphatic heterocycles. The molecule has 1 aliphatic carbocycles. The maximum absolute atomic E-state index is 12.1. The Balaban J connectivity index is 1.87. The lowest BCUT2D eigenvalue weighted by molar-refractivity contribution is -0.139. The minimum Gasteiger partial charge on any atom is -0.481 e. The van der Waals surface area contributed by atoms with E-state index in [0.29, 0.717) is 18.4 Å². The predicted octanol–water partition coefficient (Wildman–Crippen LogP) is 2.86. The zero-order valence-electron chi connectivity index (χ0n) is 13.4. The lowest BCUT2D eigenvalue weighted by atomic mass is 9.92. The van der Waals surface area contributed by atoms with Crippen LogP contribution < -0.4 is 5.32 Å². The first-order chi connectivity index (χ1) is 10.9. The van der Waals surface area contributed by atoms with Gasteiger partial charge in [-0.25, -0.2) is 0 Å². The summed E-state index contributed by atoms with van der Waals surface area (Å²) in [5, 5.41) is 11.9. The molecule has 0 spiro atoms. The summed E-state index contributed by atoms with van der Waals surface area (Å²) < 4.78 is 0. The first-order valence-electron chi connectivity index (χ1n) is 8.03. The number of carbonyl (C=O) groups is 3. The minimum atomic E-state index is -0.900. The van der Waals surface area contributed by atoms with Gasteiger partial charge in [-0.05, 0) is 19.8 Å². The van der Waals surface area contributed by atoms with Crippen LogP contribution in [0, 0.1) is 6.92 Å². The summed E-state index contributed by atoms with van der Waals surface area (Å²) in [6.07, 6.45) is 3.41. The van der Waals surface area contributed by atoms with Gasteiger partial charge in [0.1, 0.15) is 0 Å². The van der Waals surface area contributed by atoms with E-state index in [-0.39, 0.29) is 31.0 Å². The fourth-order valence-corrected chi connectivity index (χ4v) is 3.16. The molecular weight excluding hydrogens is 294 g/mol. The molecule has 0 unspecified atom stereocenters. The third-order valence-corrected chi connectivity index (χ3v) is 4.41. The van der Waals surface area contributed by atoms with Crippen LogP contribution in [0.3, 0.4) is 0 Å². The van der Waals surface area contributed by atoms with Crippen LogP contribution in [0.1, 0.15) is 60.9 Å². The number of amides is 1. The summed E-state index contributed by atoms with van der Waals surface area (Å²) in [4.78, 5) is 35.2. The molecule has 0 aromatic heterocycles. The lowest BCUT2D eigenvalue weighted by Gasteiger charge is -2.28. The highest BCUT2D eigenvalue weighted by molar-refractivity contribution is 5.98. The van der Waals surface area contributed by atoms with Crippen LogP contribution >= 0.6 is 0 Å². The number of rotatable bonds is 7. The summed E-state index contributed by atoms with van der Waals surface area (Å²) >= 11 is 0.